The maximum absolute atomic E-state index is 14.6. The van der Waals surface area contributed by atoms with E-state index in [1.807, 2.05) is 82.3 Å². The first-order valence-corrected chi connectivity index (χ1v) is 16.9. The number of sulfonamides is 1. The maximum atomic E-state index is 14.6. The van der Waals surface area contributed by atoms with Crippen molar-refractivity contribution >= 4 is 27.5 Å². The van der Waals surface area contributed by atoms with Crippen LogP contribution in [-0.4, -0.2) is 50.9 Å². The molecule has 8 nitrogen and oxygen atoms in total. The van der Waals surface area contributed by atoms with Crippen molar-refractivity contribution in [3.8, 4) is 5.75 Å². The highest BCUT2D eigenvalue weighted by atomic mass is 32.2. The second-order valence-electron chi connectivity index (χ2n) is 11.6. The lowest BCUT2D eigenvalue weighted by Crippen LogP contribution is -2.54. The van der Waals surface area contributed by atoms with Gasteiger partial charge in [0.1, 0.15) is 18.3 Å². The van der Waals surface area contributed by atoms with Gasteiger partial charge in [-0.05, 0) is 62.6 Å². The lowest BCUT2D eigenvalue weighted by molar-refractivity contribution is -0.140. The third-order valence-corrected chi connectivity index (χ3v) is 9.72. The van der Waals surface area contributed by atoms with Gasteiger partial charge in [0.2, 0.25) is 11.8 Å². The van der Waals surface area contributed by atoms with Gasteiger partial charge in [0.05, 0.1) is 17.7 Å². The van der Waals surface area contributed by atoms with Crippen molar-refractivity contribution in [2.75, 3.05) is 18.0 Å². The molecule has 0 aromatic heterocycles. The lowest BCUT2D eigenvalue weighted by atomic mass is 10.0. The molecule has 0 saturated carbocycles. The van der Waals surface area contributed by atoms with Crippen LogP contribution < -0.4 is 14.4 Å². The number of methoxy groups -OCH3 is 1. The molecule has 0 aliphatic carbocycles. The van der Waals surface area contributed by atoms with Crippen LogP contribution in [0.5, 0.6) is 5.75 Å². The number of ether oxygens (including phenoxy) is 1. The van der Waals surface area contributed by atoms with E-state index in [0.717, 1.165) is 26.6 Å². The molecule has 2 amide bonds. The molecule has 0 radical (unpaired) electrons. The van der Waals surface area contributed by atoms with Crippen molar-refractivity contribution in [3.63, 3.8) is 0 Å². The molecule has 0 spiro atoms. The van der Waals surface area contributed by atoms with E-state index in [1.54, 1.807) is 36.4 Å². The second kappa shape index (κ2) is 15.6. The Bertz CT molecular complexity index is 1730. The van der Waals surface area contributed by atoms with Gasteiger partial charge < -0.3 is 15.0 Å². The van der Waals surface area contributed by atoms with E-state index in [0.29, 0.717) is 12.2 Å². The minimum atomic E-state index is -4.20. The number of aryl methyl sites for hydroxylation is 2. The number of nitrogens with zero attached hydrogens (tertiary/aromatic N) is 2. The van der Waals surface area contributed by atoms with E-state index in [1.165, 1.54) is 24.1 Å². The molecule has 0 bridgehead atoms. The SMILES string of the molecule is CC[C@@H](C)NC(=O)[C@H](Cc1ccccc1)N(Cc1cccc(C)c1)C(=O)CN(c1cccc(OC)c1)S(=O)(=O)c1ccc(C)cc1. The molecule has 0 saturated heterocycles. The Morgan fingerprint density at radius 2 is 1.50 bits per heavy atom. The molecule has 0 aliphatic rings. The topological polar surface area (TPSA) is 96.0 Å². The van der Waals surface area contributed by atoms with Gasteiger partial charge in [0, 0.05) is 25.1 Å². The van der Waals surface area contributed by atoms with Gasteiger partial charge in [-0.15, -0.1) is 0 Å². The fraction of sp³-hybridized carbons (Fsp3) is 0.297. The van der Waals surface area contributed by atoms with E-state index in [2.05, 4.69) is 5.32 Å². The lowest BCUT2D eigenvalue weighted by Gasteiger charge is -2.34. The molecule has 1 N–H and O–H groups in total. The highest BCUT2D eigenvalue weighted by Gasteiger charge is 2.35. The monoisotopic (exact) mass is 641 g/mol. The number of anilines is 1. The Morgan fingerprint density at radius 3 is 2.15 bits per heavy atom. The van der Waals surface area contributed by atoms with Crippen LogP contribution in [0.15, 0.2) is 108 Å². The number of carbonyl (C=O) groups excluding carboxylic acids is 2. The van der Waals surface area contributed by atoms with Crippen molar-refractivity contribution in [2.45, 2.75) is 64.1 Å². The number of nitrogens with one attached hydrogen (secondary N) is 1. The first-order valence-electron chi connectivity index (χ1n) is 15.4. The standard InChI is InChI=1S/C37H43N3O5S/c1-6-29(4)38-37(42)35(23-30-13-8-7-9-14-30)39(25-31-15-10-12-28(3)22-31)36(41)26-40(32-16-11-17-33(24-32)45-5)46(43,44)34-20-18-27(2)19-21-34/h7-22,24,29,35H,6,23,25-26H2,1-5H3,(H,38,42)/t29-,35+/m1/s1. The van der Waals surface area contributed by atoms with Crippen LogP contribution in [0, 0.1) is 13.8 Å². The molecule has 4 aromatic carbocycles. The molecule has 0 fully saturated rings. The van der Waals surface area contributed by atoms with Crippen LogP contribution in [0.2, 0.25) is 0 Å². The summed E-state index contributed by atoms with van der Waals surface area (Å²) >= 11 is 0. The largest absolute Gasteiger partial charge is 0.497 e. The molecule has 0 aliphatic heterocycles. The summed E-state index contributed by atoms with van der Waals surface area (Å²) in [7, 11) is -2.71. The predicted octanol–water partition coefficient (Wildman–Crippen LogP) is 6.06. The average Bonchev–Trinajstić information content (AvgIpc) is 3.05. The smallest absolute Gasteiger partial charge is 0.264 e. The van der Waals surface area contributed by atoms with Crippen molar-refractivity contribution < 1.29 is 22.7 Å². The molecular formula is C37H43N3O5S. The molecule has 46 heavy (non-hydrogen) atoms. The highest BCUT2D eigenvalue weighted by Crippen LogP contribution is 2.28. The molecule has 0 unspecified atom stereocenters. The summed E-state index contributed by atoms with van der Waals surface area (Å²) in [4.78, 5) is 30.1. The molecule has 9 heteroatoms. The fourth-order valence-corrected chi connectivity index (χ4v) is 6.54. The van der Waals surface area contributed by atoms with Crippen LogP contribution >= 0.6 is 0 Å². The summed E-state index contributed by atoms with van der Waals surface area (Å²) in [6.07, 6.45) is 0.971. The average molecular weight is 642 g/mol. The van der Waals surface area contributed by atoms with Crippen LogP contribution in [0.25, 0.3) is 0 Å². The summed E-state index contributed by atoms with van der Waals surface area (Å²) in [5.41, 5.74) is 3.90. The van der Waals surface area contributed by atoms with Gasteiger partial charge in [-0.1, -0.05) is 90.8 Å². The first-order chi connectivity index (χ1) is 22.0. The van der Waals surface area contributed by atoms with Crippen LogP contribution in [0.4, 0.5) is 5.69 Å². The zero-order valence-corrected chi connectivity index (χ0v) is 28.0. The van der Waals surface area contributed by atoms with Gasteiger partial charge in [0.15, 0.2) is 0 Å². The van der Waals surface area contributed by atoms with Gasteiger partial charge in [-0.2, -0.15) is 0 Å². The Balaban J connectivity index is 1.82. The predicted molar refractivity (Wildman–Crippen MR) is 182 cm³/mol. The Labute approximate surface area is 273 Å². The zero-order chi connectivity index (χ0) is 33.3. The first kappa shape index (κ1) is 34.2. The number of hydrogen-bond donors (Lipinski definition) is 1. The van der Waals surface area contributed by atoms with Crippen LogP contribution in [0.1, 0.15) is 42.5 Å². The molecule has 0 heterocycles. The van der Waals surface area contributed by atoms with Gasteiger partial charge in [-0.3, -0.25) is 13.9 Å². The van der Waals surface area contributed by atoms with Crippen molar-refractivity contribution in [1.29, 1.82) is 0 Å². The minimum Gasteiger partial charge on any atom is -0.497 e. The summed E-state index contributed by atoms with van der Waals surface area (Å²) < 4.78 is 34.9. The molecular weight excluding hydrogens is 598 g/mol. The van der Waals surface area contributed by atoms with Gasteiger partial charge in [0.25, 0.3) is 10.0 Å². The molecule has 4 rings (SSSR count). The normalized spacial score (nSPS) is 12.5. The number of amides is 2. The van der Waals surface area contributed by atoms with E-state index in [4.69, 9.17) is 4.74 Å². The minimum absolute atomic E-state index is 0.0503. The highest BCUT2D eigenvalue weighted by molar-refractivity contribution is 7.92. The summed E-state index contributed by atoms with van der Waals surface area (Å²) in [6, 6.07) is 29.4. The van der Waals surface area contributed by atoms with Gasteiger partial charge in [-0.25, -0.2) is 8.42 Å². The van der Waals surface area contributed by atoms with Gasteiger partial charge >= 0.3 is 0 Å². The van der Waals surface area contributed by atoms with Crippen molar-refractivity contribution in [2.24, 2.45) is 0 Å². The number of rotatable bonds is 14. The quantitative estimate of drug-likeness (QED) is 0.181. The molecule has 4 aromatic rings. The maximum Gasteiger partial charge on any atom is 0.264 e. The fourth-order valence-electron chi connectivity index (χ4n) is 5.13. The number of benzene rings is 4. The van der Waals surface area contributed by atoms with E-state index < -0.39 is 28.5 Å². The summed E-state index contributed by atoms with van der Waals surface area (Å²) in [5.74, 6) is -0.366. The third-order valence-electron chi connectivity index (χ3n) is 7.94. The Kier molecular flexibility index (Phi) is 11.6. The Morgan fingerprint density at radius 1 is 0.826 bits per heavy atom. The number of carbonyl (C=O) groups is 2. The third kappa shape index (κ3) is 8.75. The summed E-state index contributed by atoms with van der Waals surface area (Å²) in [6.45, 7) is 7.32. The van der Waals surface area contributed by atoms with E-state index >= 15 is 0 Å². The molecule has 242 valence electrons. The van der Waals surface area contributed by atoms with E-state index in [9.17, 15) is 18.0 Å². The van der Waals surface area contributed by atoms with E-state index in [-0.39, 0.29) is 35.5 Å². The van der Waals surface area contributed by atoms with Crippen molar-refractivity contribution in [1.82, 2.24) is 10.2 Å². The molecule has 2 atom stereocenters. The Hall–Kier alpha value is -4.63. The number of hydrogen-bond acceptors (Lipinski definition) is 5. The second-order valence-corrected chi connectivity index (χ2v) is 13.4. The van der Waals surface area contributed by atoms with Crippen LogP contribution in [-0.2, 0) is 32.6 Å². The van der Waals surface area contributed by atoms with Crippen LogP contribution in [0.3, 0.4) is 0 Å². The zero-order valence-electron chi connectivity index (χ0n) is 27.1. The van der Waals surface area contributed by atoms with Crippen molar-refractivity contribution in [3.05, 3.63) is 125 Å². The summed E-state index contributed by atoms with van der Waals surface area (Å²) in [5, 5.41) is 3.06.